The zero-order chi connectivity index (χ0) is 13.4. The van der Waals surface area contributed by atoms with Crippen molar-refractivity contribution in [1.82, 2.24) is 0 Å². The zero-order valence-corrected chi connectivity index (χ0v) is 9.81. The molecule has 0 radical (unpaired) electrons. The molecule has 0 atom stereocenters. The standard InChI is InChI=1S/C11H16N4O3/c12-4-5-18-7-10(16)14-8-2-1-3-9(6-8)15-11(13)17/h1-3,6H,4-5,7,12H2,(H,14,16)(H3,13,15,17). The van der Waals surface area contributed by atoms with Crippen LogP contribution in [0.5, 0.6) is 0 Å². The molecule has 0 aliphatic heterocycles. The van der Waals surface area contributed by atoms with Crippen LogP contribution in [-0.4, -0.2) is 31.7 Å². The fourth-order valence-electron chi connectivity index (χ4n) is 1.26. The van der Waals surface area contributed by atoms with E-state index in [0.717, 1.165) is 0 Å². The Kier molecular flexibility index (Phi) is 5.62. The molecular weight excluding hydrogens is 236 g/mol. The molecule has 0 saturated carbocycles. The maximum Gasteiger partial charge on any atom is 0.316 e. The molecule has 18 heavy (non-hydrogen) atoms. The monoisotopic (exact) mass is 252 g/mol. The molecule has 0 aliphatic rings. The lowest BCUT2D eigenvalue weighted by molar-refractivity contribution is -0.120. The van der Waals surface area contributed by atoms with Crippen molar-refractivity contribution in [2.45, 2.75) is 0 Å². The number of benzene rings is 1. The van der Waals surface area contributed by atoms with E-state index in [-0.39, 0.29) is 12.5 Å². The van der Waals surface area contributed by atoms with Crippen LogP contribution in [-0.2, 0) is 9.53 Å². The minimum Gasteiger partial charge on any atom is -0.370 e. The number of anilines is 2. The van der Waals surface area contributed by atoms with E-state index in [4.69, 9.17) is 16.2 Å². The Morgan fingerprint density at radius 1 is 1.22 bits per heavy atom. The molecule has 7 heteroatoms. The van der Waals surface area contributed by atoms with E-state index >= 15 is 0 Å². The average Bonchev–Trinajstić information content (AvgIpc) is 2.28. The highest BCUT2D eigenvalue weighted by Gasteiger charge is 2.03. The van der Waals surface area contributed by atoms with E-state index in [2.05, 4.69) is 10.6 Å². The lowest BCUT2D eigenvalue weighted by Gasteiger charge is -2.07. The molecule has 1 rings (SSSR count). The number of nitrogens with one attached hydrogen (secondary N) is 2. The van der Waals surface area contributed by atoms with Crippen LogP contribution in [0.2, 0.25) is 0 Å². The van der Waals surface area contributed by atoms with Crippen molar-refractivity contribution in [2.75, 3.05) is 30.4 Å². The van der Waals surface area contributed by atoms with Crippen LogP contribution >= 0.6 is 0 Å². The minimum absolute atomic E-state index is 0.0648. The quantitative estimate of drug-likeness (QED) is 0.536. The molecule has 1 aromatic rings. The third-order valence-corrected chi connectivity index (χ3v) is 1.91. The summed E-state index contributed by atoms with van der Waals surface area (Å²) >= 11 is 0. The molecule has 0 saturated heterocycles. The van der Waals surface area contributed by atoms with Crippen molar-refractivity contribution in [3.8, 4) is 0 Å². The summed E-state index contributed by atoms with van der Waals surface area (Å²) in [5.41, 5.74) is 11.3. The number of nitrogens with two attached hydrogens (primary N) is 2. The predicted molar refractivity (Wildman–Crippen MR) is 68.2 cm³/mol. The van der Waals surface area contributed by atoms with Crippen molar-refractivity contribution in [3.05, 3.63) is 24.3 Å². The molecular formula is C11H16N4O3. The summed E-state index contributed by atoms with van der Waals surface area (Å²) < 4.78 is 4.98. The number of carbonyl (C=O) groups excluding carboxylic acids is 2. The van der Waals surface area contributed by atoms with Crippen LogP contribution in [0, 0.1) is 0 Å². The number of urea groups is 1. The van der Waals surface area contributed by atoms with Crippen molar-refractivity contribution in [1.29, 1.82) is 0 Å². The van der Waals surface area contributed by atoms with Crippen LogP contribution in [0.15, 0.2) is 24.3 Å². The number of rotatable bonds is 6. The Morgan fingerprint density at radius 2 is 1.89 bits per heavy atom. The summed E-state index contributed by atoms with van der Waals surface area (Å²) in [7, 11) is 0. The summed E-state index contributed by atoms with van der Waals surface area (Å²) in [6.45, 7) is 0.632. The molecule has 1 aromatic carbocycles. The Labute approximate surface area is 104 Å². The van der Waals surface area contributed by atoms with Gasteiger partial charge >= 0.3 is 6.03 Å². The Bertz CT molecular complexity index is 423. The summed E-state index contributed by atoms with van der Waals surface area (Å²) in [5, 5.41) is 5.03. The Hall–Kier alpha value is -2.12. The van der Waals surface area contributed by atoms with Gasteiger partial charge in [0.2, 0.25) is 5.91 Å². The van der Waals surface area contributed by atoms with Gasteiger partial charge in [0, 0.05) is 17.9 Å². The molecule has 0 fully saturated rings. The lowest BCUT2D eigenvalue weighted by Crippen LogP contribution is -2.21. The topological polar surface area (TPSA) is 119 Å². The van der Waals surface area contributed by atoms with Gasteiger partial charge in [0.05, 0.1) is 6.61 Å². The first-order valence-corrected chi connectivity index (χ1v) is 5.36. The predicted octanol–water partition coefficient (Wildman–Crippen LogP) is 0.0910. The van der Waals surface area contributed by atoms with Crippen molar-refractivity contribution in [3.63, 3.8) is 0 Å². The van der Waals surface area contributed by atoms with Gasteiger partial charge in [0.1, 0.15) is 6.61 Å². The number of carbonyl (C=O) groups is 2. The number of amides is 3. The second-order valence-electron chi connectivity index (χ2n) is 3.46. The summed E-state index contributed by atoms with van der Waals surface area (Å²) in [6, 6.07) is 5.95. The minimum atomic E-state index is -0.662. The second-order valence-corrected chi connectivity index (χ2v) is 3.46. The van der Waals surface area contributed by atoms with Gasteiger partial charge < -0.3 is 26.8 Å². The van der Waals surface area contributed by atoms with Crippen LogP contribution in [0.4, 0.5) is 16.2 Å². The van der Waals surface area contributed by atoms with Gasteiger partial charge in [-0.3, -0.25) is 4.79 Å². The highest BCUT2D eigenvalue weighted by Crippen LogP contribution is 2.14. The largest absolute Gasteiger partial charge is 0.370 e. The van der Waals surface area contributed by atoms with Gasteiger partial charge in [0.25, 0.3) is 0 Å². The van der Waals surface area contributed by atoms with E-state index in [1.807, 2.05) is 0 Å². The van der Waals surface area contributed by atoms with Gasteiger partial charge in [-0.15, -0.1) is 0 Å². The highest BCUT2D eigenvalue weighted by molar-refractivity contribution is 5.93. The van der Waals surface area contributed by atoms with Gasteiger partial charge in [-0.1, -0.05) is 6.07 Å². The maximum absolute atomic E-state index is 11.4. The number of hydrogen-bond acceptors (Lipinski definition) is 4. The number of primary amides is 1. The van der Waals surface area contributed by atoms with Gasteiger partial charge in [-0.2, -0.15) is 0 Å². The lowest BCUT2D eigenvalue weighted by atomic mass is 10.2. The third-order valence-electron chi connectivity index (χ3n) is 1.91. The van der Waals surface area contributed by atoms with E-state index in [9.17, 15) is 9.59 Å². The van der Waals surface area contributed by atoms with Crippen molar-refractivity contribution < 1.29 is 14.3 Å². The second kappa shape index (κ2) is 7.25. The average molecular weight is 252 g/mol. The van der Waals surface area contributed by atoms with Gasteiger partial charge in [-0.25, -0.2) is 4.79 Å². The first-order valence-electron chi connectivity index (χ1n) is 5.36. The number of hydrogen-bond donors (Lipinski definition) is 4. The molecule has 6 N–H and O–H groups in total. The van der Waals surface area contributed by atoms with Crippen LogP contribution in [0.3, 0.4) is 0 Å². The first-order chi connectivity index (χ1) is 8.61. The first kappa shape index (κ1) is 13.9. The van der Waals surface area contributed by atoms with Gasteiger partial charge in [0.15, 0.2) is 0 Å². The molecule has 0 aromatic heterocycles. The normalized spacial score (nSPS) is 9.83. The summed E-state index contributed by atoms with van der Waals surface area (Å²) in [5.74, 6) is -0.292. The Morgan fingerprint density at radius 3 is 2.50 bits per heavy atom. The molecule has 0 spiro atoms. The van der Waals surface area contributed by atoms with Crippen molar-refractivity contribution >= 4 is 23.3 Å². The molecule has 0 heterocycles. The van der Waals surface area contributed by atoms with Gasteiger partial charge in [-0.05, 0) is 18.2 Å². The number of ether oxygens (including phenoxy) is 1. The van der Waals surface area contributed by atoms with Crippen molar-refractivity contribution in [2.24, 2.45) is 11.5 Å². The highest BCUT2D eigenvalue weighted by atomic mass is 16.5. The zero-order valence-electron chi connectivity index (χ0n) is 9.81. The fraction of sp³-hybridized carbons (Fsp3) is 0.273. The van der Waals surface area contributed by atoms with Crippen LogP contribution in [0.1, 0.15) is 0 Å². The van der Waals surface area contributed by atoms with E-state index in [1.54, 1.807) is 24.3 Å². The Balaban J connectivity index is 2.51. The molecule has 3 amide bonds. The smallest absolute Gasteiger partial charge is 0.316 e. The van der Waals surface area contributed by atoms with Crippen LogP contribution in [0.25, 0.3) is 0 Å². The third kappa shape index (κ3) is 5.28. The molecule has 0 unspecified atom stereocenters. The fourth-order valence-corrected chi connectivity index (χ4v) is 1.26. The molecule has 98 valence electrons. The van der Waals surface area contributed by atoms with Crippen LogP contribution < -0.4 is 22.1 Å². The molecule has 7 nitrogen and oxygen atoms in total. The molecule has 0 aliphatic carbocycles. The van der Waals surface area contributed by atoms with E-state index < -0.39 is 6.03 Å². The summed E-state index contributed by atoms with van der Waals surface area (Å²) in [4.78, 5) is 22.1. The van der Waals surface area contributed by atoms with E-state index in [1.165, 1.54) is 0 Å². The maximum atomic E-state index is 11.4. The summed E-state index contributed by atoms with van der Waals surface area (Å²) in [6.07, 6.45) is 0. The SMILES string of the molecule is NCCOCC(=O)Nc1cccc(NC(N)=O)c1. The van der Waals surface area contributed by atoms with E-state index in [0.29, 0.717) is 24.5 Å². The molecule has 0 bridgehead atoms.